The highest BCUT2D eigenvalue weighted by molar-refractivity contribution is 6.35. The van der Waals surface area contributed by atoms with Crippen molar-refractivity contribution < 1.29 is 14.4 Å². The number of rotatable bonds is 4. The van der Waals surface area contributed by atoms with E-state index >= 15 is 0 Å². The molecule has 1 saturated carbocycles. The zero-order chi connectivity index (χ0) is 24.5. The lowest BCUT2D eigenvalue weighted by Crippen LogP contribution is -2.41. The summed E-state index contributed by atoms with van der Waals surface area (Å²) in [6, 6.07) is 26.4. The predicted molar refractivity (Wildman–Crippen MR) is 136 cm³/mol. The average molecular weight is 482 g/mol. The van der Waals surface area contributed by atoms with Crippen LogP contribution in [0.3, 0.4) is 0 Å². The first-order valence-electron chi connectivity index (χ1n) is 11.9. The maximum atomic E-state index is 14.4. The number of amides is 2. The molecule has 1 saturated heterocycles. The fourth-order valence-corrected chi connectivity index (χ4v) is 7.18. The molecule has 4 atom stereocenters. The molecule has 0 N–H and O–H groups in total. The van der Waals surface area contributed by atoms with Crippen molar-refractivity contribution in [2.45, 2.75) is 20.3 Å². The molecule has 0 spiro atoms. The van der Waals surface area contributed by atoms with Gasteiger partial charge in [-0.3, -0.25) is 14.4 Å². The SMILES string of the molecule is CC[C@@]12C(=O)[C@@](C)(C(c3ccccc3)=C1c1ccccc1)[C@H]1C(=O)N(c3cccc(Cl)c3)C(=O)[C@@H]12. The van der Waals surface area contributed by atoms with E-state index in [0.29, 0.717) is 17.1 Å². The number of carbonyl (C=O) groups is 3. The van der Waals surface area contributed by atoms with E-state index in [9.17, 15) is 14.4 Å². The van der Waals surface area contributed by atoms with Crippen LogP contribution in [-0.4, -0.2) is 17.6 Å². The highest BCUT2D eigenvalue weighted by Gasteiger charge is 2.79. The Hall–Kier alpha value is -3.50. The molecule has 1 aliphatic heterocycles. The van der Waals surface area contributed by atoms with E-state index in [1.54, 1.807) is 24.3 Å². The number of halogens is 1. The number of imide groups is 1. The Morgan fingerprint density at radius 1 is 0.771 bits per heavy atom. The van der Waals surface area contributed by atoms with Crippen molar-refractivity contribution in [3.8, 4) is 0 Å². The number of benzene rings is 3. The summed E-state index contributed by atoms with van der Waals surface area (Å²) in [6.07, 6.45) is 0.436. The molecule has 6 rings (SSSR count). The molecule has 2 bridgehead atoms. The minimum atomic E-state index is -1.12. The zero-order valence-corrected chi connectivity index (χ0v) is 20.3. The van der Waals surface area contributed by atoms with Crippen LogP contribution < -0.4 is 4.90 Å². The molecule has 0 unspecified atom stereocenters. The second-order valence-corrected chi connectivity index (χ2v) is 10.2. The number of allylic oxidation sites excluding steroid dienone is 2. The highest BCUT2D eigenvalue weighted by atomic mass is 35.5. The fraction of sp³-hybridized carbons (Fsp3) is 0.233. The Labute approximate surface area is 209 Å². The average Bonchev–Trinajstić information content (AvgIpc) is 3.35. The maximum absolute atomic E-state index is 14.4. The summed E-state index contributed by atoms with van der Waals surface area (Å²) in [5, 5.41) is 0.448. The van der Waals surface area contributed by atoms with Crippen molar-refractivity contribution in [3.63, 3.8) is 0 Å². The molecule has 2 aliphatic carbocycles. The first-order chi connectivity index (χ1) is 16.9. The van der Waals surface area contributed by atoms with Gasteiger partial charge in [-0.25, -0.2) is 4.90 Å². The van der Waals surface area contributed by atoms with Crippen LogP contribution in [0.15, 0.2) is 84.9 Å². The second kappa shape index (κ2) is 7.50. The van der Waals surface area contributed by atoms with Gasteiger partial charge in [-0.2, -0.15) is 0 Å². The molecule has 0 aromatic heterocycles. The lowest BCUT2D eigenvalue weighted by molar-refractivity contribution is -0.134. The van der Waals surface area contributed by atoms with Gasteiger partial charge in [0.2, 0.25) is 11.8 Å². The van der Waals surface area contributed by atoms with Crippen molar-refractivity contribution in [2.75, 3.05) is 4.90 Å². The molecule has 3 aliphatic rings. The number of nitrogens with zero attached hydrogens (tertiary/aromatic N) is 1. The lowest BCUT2D eigenvalue weighted by Gasteiger charge is -2.37. The molecular formula is C30H24ClNO3. The fourth-order valence-electron chi connectivity index (χ4n) is 7.00. The largest absolute Gasteiger partial charge is 0.298 e. The summed E-state index contributed by atoms with van der Waals surface area (Å²) in [7, 11) is 0. The van der Waals surface area contributed by atoms with E-state index in [-0.39, 0.29) is 17.6 Å². The van der Waals surface area contributed by atoms with E-state index in [0.717, 1.165) is 22.3 Å². The quantitative estimate of drug-likeness (QED) is 0.426. The lowest BCUT2D eigenvalue weighted by atomic mass is 9.62. The predicted octanol–water partition coefficient (Wildman–Crippen LogP) is 6.06. The Kier molecular flexibility index (Phi) is 4.71. The minimum Gasteiger partial charge on any atom is -0.298 e. The molecule has 2 fully saturated rings. The van der Waals surface area contributed by atoms with Gasteiger partial charge >= 0.3 is 0 Å². The van der Waals surface area contributed by atoms with Crippen LogP contribution in [0, 0.1) is 22.7 Å². The number of anilines is 1. The Balaban J connectivity index is 1.65. The third-order valence-corrected chi connectivity index (χ3v) is 8.54. The third-order valence-electron chi connectivity index (χ3n) is 8.30. The molecule has 0 radical (unpaired) electrons. The maximum Gasteiger partial charge on any atom is 0.239 e. The summed E-state index contributed by atoms with van der Waals surface area (Å²) >= 11 is 6.21. The number of hydrogen-bond donors (Lipinski definition) is 0. The van der Waals surface area contributed by atoms with Crippen molar-refractivity contribution >= 4 is 46.0 Å². The van der Waals surface area contributed by atoms with Gasteiger partial charge in [0.15, 0.2) is 5.78 Å². The Bertz CT molecular complexity index is 1430. The van der Waals surface area contributed by atoms with Crippen LogP contribution in [0.1, 0.15) is 31.4 Å². The molecule has 3 aromatic rings. The van der Waals surface area contributed by atoms with Crippen molar-refractivity contribution in [1.29, 1.82) is 0 Å². The summed E-state index contributed by atoms with van der Waals surface area (Å²) < 4.78 is 0. The number of Topliss-reactive ketones (excluding diaryl/α,β-unsaturated/α-hetero) is 1. The highest BCUT2D eigenvalue weighted by Crippen LogP contribution is 2.74. The monoisotopic (exact) mass is 481 g/mol. The van der Waals surface area contributed by atoms with Crippen molar-refractivity contribution in [2.24, 2.45) is 22.7 Å². The number of carbonyl (C=O) groups excluding carboxylic acids is 3. The Morgan fingerprint density at radius 2 is 1.34 bits per heavy atom. The van der Waals surface area contributed by atoms with E-state index in [1.165, 1.54) is 4.90 Å². The topological polar surface area (TPSA) is 54.5 Å². The van der Waals surface area contributed by atoms with Crippen LogP contribution in [0.25, 0.3) is 11.1 Å². The molecule has 3 aromatic carbocycles. The van der Waals surface area contributed by atoms with Gasteiger partial charge in [-0.1, -0.05) is 85.3 Å². The summed E-state index contributed by atoms with van der Waals surface area (Å²) in [5.41, 5.74) is 1.84. The molecule has 4 nitrogen and oxygen atoms in total. The van der Waals surface area contributed by atoms with Gasteiger partial charge < -0.3 is 0 Å². The molecule has 174 valence electrons. The first-order valence-corrected chi connectivity index (χ1v) is 12.3. The third kappa shape index (κ3) is 2.61. The van der Waals surface area contributed by atoms with Crippen LogP contribution in [0.4, 0.5) is 5.69 Å². The van der Waals surface area contributed by atoms with Gasteiger partial charge in [0.25, 0.3) is 0 Å². The van der Waals surface area contributed by atoms with Gasteiger partial charge in [-0.05, 0) is 53.8 Å². The van der Waals surface area contributed by atoms with Crippen LogP contribution in [0.5, 0.6) is 0 Å². The smallest absolute Gasteiger partial charge is 0.239 e. The molecule has 2 amide bonds. The van der Waals surface area contributed by atoms with Gasteiger partial charge in [0.1, 0.15) is 0 Å². The zero-order valence-electron chi connectivity index (χ0n) is 19.5. The van der Waals surface area contributed by atoms with Crippen molar-refractivity contribution in [1.82, 2.24) is 0 Å². The van der Waals surface area contributed by atoms with Crippen LogP contribution in [0.2, 0.25) is 5.02 Å². The second-order valence-electron chi connectivity index (χ2n) is 9.79. The molecule has 5 heteroatoms. The van der Waals surface area contributed by atoms with Crippen LogP contribution in [-0.2, 0) is 14.4 Å². The molecular weight excluding hydrogens is 458 g/mol. The summed E-state index contributed by atoms with van der Waals surface area (Å²) in [6.45, 7) is 3.83. The van der Waals surface area contributed by atoms with Crippen molar-refractivity contribution in [3.05, 3.63) is 101 Å². The minimum absolute atomic E-state index is 0.0207. The van der Waals surface area contributed by atoms with Crippen LogP contribution >= 0.6 is 11.6 Å². The summed E-state index contributed by atoms with van der Waals surface area (Å²) in [4.78, 5) is 43.8. The summed E-state index contributed by atoms with van der Waals surface area (Å²) in [5.74, 6) is -2.17. The van der Waals surface area contributed by atoms with Gasteiger partial charge in [-0.15, -0.1) is 0 Å². The van der Waals surface area contributed by atoms with E-state index in [1.807, 2.05) is 74.5 Å². The number of fused-ring (bicyclic) bond motifs is 5. The Morgan fingerprint density at radius 3 is 1.91 bits per heavy atom. The van der Waals surface area contributed by atoms with E-state index < -0.39 is 22.7 Å². The molecule has 35 heavy (non-hydrogen) atoms. The number of ketones is 1. The number of hydrogen-bond acceptors (Lipinski definition) is 3. The molecule has 1 heterocycles. The standard InChI is InChI=1S/C30H24ClNO3/c1-3-30-23(19-13-8-5-9-14-19)22(18-11-6-4-7-12-18)29(2,28(30)35)24-25(30)27(34)32(26(24)33)21-16-10-15-20(31)17-21/h4-17,24-25H,3H2,1-2H3/t24-,25-,29+,30-/m1/s1. The van der Waals surface area contributed by atoms with Gasteiger partial charge in [0, 0.05) is 5.02 Å². The van der Waals surface area contributed by atoms with E-state index in [4.69, 9.17) is 11.6 Å². The normalized spacial score (nSPS) is 29.3. The van der Waals surface area contributed by atoms with Gasteiger partial charge in [0.05, 0.1) is 28.4 Å². The first kappa shape index (κ1) is 22.0. The van der Waals surface area contributed by atoms with E-state index in [2.05, 4.69) is 0 Å².